The summed E-state index contributed by atoms with van der Waals surface area (Å²) >= 11 is 0. The second kappa shape index (κ2) is 5.65. The third kappa shape index (κ3) is 2.89. The number of carbonyl (C=O) groups excluding carboxylic acids is 1. The van der Waals surface area contributed by atoms with Crippen LogP contribution in [0.2, 0.25) is 0 Å². The molecule has 22 heavy (non-hydrogen) atoms. The predicted molar refractivity (Wildman–Crippen MR) is 82.2 cm³/mol. The van der Waals surface area contributed by atoms with Crippen molar-refractivity contribution in [1.29, 1.82) is 0 Å². The van der Waals surface area contributed by atoms with Gasteiger partial charge in [-0.05, 0) is 46.6 Å². The number of hydrogen-bond acceptors (Lipinski definition) is 5. The smallest absolute Gasteiger partial charge is 0.231 e. The van der Waals surface area contributed by atoms with Gasteiger partial charge in [-0.2, -0.15) is 4.98 Å². The average Bonchev–Trinajstić information content (AvgIpc) is 2.97. The summed E-state index contributed by atoms with van der Waals surface area (Å²) in [4.78, 5) is 21.2. The van der Waals surface area contributed by atoms with Gasteiger partial charge in [-0.25, -0.2) is 0 Å². The maximum absolute atomic E-state index is 12.4. The normalized spacial score (nSPS) is 29.3. The summed E-state index contributed by atoms with van der Waals surface area (Å²) in [5.74, 6) is 2.13. The van der Waals surface area contributed by atoms with Crippen molar-refractivity contribution in [3.05, 3.63) is 11.7 Å². The van der Waals surface area contributed by atoms with Crippen LogP contribution in [0.3, 0.4) is 0 Å². The molecule has 0 aromatic carbocycles. The zero-order chi connectivity index (χ0) is 15.9. The SMILES string of the molecule is Cc1noc([C@H]2CCCN(CN3C(=O)[C@H](C)CC3(C)C)C2)n1. The Morgan fingerprint density at radius 1 is 1.41 bits per heavy atom. The van der Waals surface area contributed by atoms with E-state index in [2.05, 4.69) is 28.9 Å². The van der Waals surface area contributed by atoms with Gasteiger partial charge in [-0.15, -0.1) is 0 Å². The standard InChI is InChI=1S/C16H26N4O2/c1-11-8-16(3,4)20(15(11)21)10-19-7-5-6-13(9-19)14-17-12(2)18-22-14/h11,13H,5-10H2,1-4H3/t11-,13+/m1/s1. The quantitative estimate of drug-likeness (QED) is 0.856. The van der Waals surface area contributed by atoms with E-state index in [9.17, 15) is 4.79 Å². The summed E-state index contributed by atoms with van der Waals surface area (Å²) < 4.78 is 5.33. The van der Waals surface area contributed by atoms with Crippen molar-refractivity contribution in [2.75, 3.05) is 19.8 Å². The molecule has 3 heterocycles. The van der Waals surface area contributed by atoms with E-state index in [-0.39, 0.29) is 23.3 Å². The Labute approximate surface area is 131 Å². The minimum absolute atomic E-state index is 0.0511. The molecule has 0 saturated carbocycles. The fourth-order valence-corrected chi connectivity index (χ4v) is 3.84. The van der Waals surface area contributed by atoms with E-state index >= 15 is 0 Å². The summed E-state index contributed by atoms with van der Waals surface area (Å²) in [5.41, 5.74) is -0.0511. The van der Waals surface area contributed by atoms with Crippen LogP contribution >= 0.6 is 0 Å². The number of likely N-dealkylation sites (tertiary alicyclic amines) is 2. The maximum atomic E-state index is 12.4. The Hall–Kier alpha value is -1.43. The number of nitrogens with zero attached hydrogens (tertiary/aromatic N) is 4. The van der Waals surface area contributed by atoms with Crippen LogP contribution in [0.1, 0.15) is 57.7 Å². The van der Waals surface area contributed by atoms with Crippen LogP contribution < -0.4 is 0 Å². The molecule has 0 radical (unpaired) electrons. The van der Waals surface area contributed by atoms with E-state index in [1.165, 1.54) is 0 Å². The van der Waals surface area contributed by atoms with E-state index in [1.54, 1.807) is 0 Å². The summed E-state index contributed by atoms with van der Waals surface area (Å²) in [7, 11) is 0. The zero-order valence-electron chi connectivity index (χ0n) is 14.0. The summed E-state index contributed by atoms with van der Waals surface area (Å²) in [6.45, 7) is 10.8. The highest BCUT2D eigenvalue weighted by Gasteiger charge is 2.43. The molecule has 2 aliphatic heterocycles. The lowest BCUT2D eigenvalue weighted by Crippen LogP contribution is -2.50. The molecule has 1 amide bonds. The second-order valence-corrected chi connectivity index (χ2v) is 7.42. The number of aromatic nitrogens is 2. The molecule has 0 spiro atoms. The van der Waals surface area contributed by atoms with Crippen molar-refractivity contribution < 1.29 is 9.32 Å². The Balaban J connectivity index is 1.67. The lowest BCUT2D eigenvalue weighted by molar-refractivity contribution is -0.135. The van der Waals surface area contributed by atoms with Crippen molar-refractivity contribution >= 4 is 5.91 Å². The lowest BCUT2D eigenvalue weighted by Gasteiger charge is -2.39. The van der Waals surface area contributed by atoms with Gasteiger partial charge in [-0.1, -0.05) is 12.1 Å². The lowest BCUT2D eigenvalue weighted by atomic mass is 9.97. The highest BCUT2D eigenvalue weighted by atomic mass is 16.5. The van der Waals surface area contributed by atoms with E-state index in [0.29, 0.717) is 12.5 Å². The van der Waals surface area contributed by atoms with E-state index in [1.807, 2.05) is 18.7 Å². The number of carbonyl (C=O) groups is 1. The van der Waals surface area contributed by atoms with Gasteiger partial charge in [0.25, 0.3) is 0 Å². The van der Waals surface area contributed by atoms with Crippen molar-refractivity contribution in [2.24, 2.45) is 5.92 Å². The molecule has 2 saturated heterocycles. The highest BCUT2D eigenvalue weighted by molar-refractivity contribution is 5.81. The van der Waals surface area contributed by atoms with Crippen molar-refractivity contribution in [1.82, 2.24) is 19.9 Å². The summed E-state index contributed by atoms with van der Waals surface area (Å²) in [5, 5.41) is 3.90. The van der Waals surface area contributed by atoms with Crippen molar-refractivity contribution in [3.63, 3.8) is 0 Å². The van der Waals surface area contributed by atoms with Crippen molar-refractivity contribution in [2.45, 2.75) is 58.4 Å². The Kier molecular flexibility index (Phi) is 3.97. The second-order valence-electron chi connectivity index (χ2n) is 7.42. The van der Waals surface area contributed by atoms with Crippen LogP contribution in [-0.4, -0.2) is 51.1 Å². The van der Waals surface area contributed by atoms with E-state index < -0.39 is 0 Å². The molecule has 2 fully saturated rings. The largest absolute Gasteiger partial charge is 0.339 e. The summed E-state index contributed by atoms with van der Waals surface area (Å²) in [6.07, 6.45) is 3.11. The van der Waals surface area contributed by atoms with Gasteiger partial charge in [0.1, 0.15) is 0 Å². The maximum Gasteiger partial charge on any atom is 0.231 e. The zero-order valence-corrected chi connectivity index (χ0v) is 14.0. The molecule has 0 bridgehead atoms. The van der Waals surface area contributed by atoms with Crippen LogP contribution in [0.5, 0.6) is 0 Å². The minimum Gasteiger partial charge on any atom is -0.339 e. The van der Waals surface area contributed by atoms with Gasteiger partial charge >= 0.3 is 0 Å². The first-order valence-corrected chi connectivity index (χ1v) is 8.21. The van der Waals surface area contributed by atoms with Gasteiger partial charge in [-0.3, -0.25) is 9.69 Å². The molecule has 3 rings (SSSR count). The van der Waals surface area contributed by atoms with Gasteiger partial charge in [0.2, 0.25) is 11.8 Å². The molecule has 2 aliphatic rings. The van der Waals surface area contributed by atoms with Crippen LogP contribution in [0.15, 0.2) is 4.52 Å². The third-order valence-corrected chi connectivity index (χ3v) is 4.96. The van der Waals surface area contributed by atoms with Gasteiger partial charge in [0, 0.05) is 18.0 Å². The molecule has 1 aromatic heterocycles. The molecule has 6 heteroatoms. The molecule has 0 N–H and O–H groups in total. The predicted octanol–water partition coefficient (Wildman–Crippen LogP) is 2.16. The molecule has 1 aromatic rings. The topological polar surface area (TPSA) is 62.5 Å². The number of piperidine rings is 1. The molecule has 2 atom stereocenters. The minimum atomic E-state index is -0.0511. The van der Waals surface area contributed by atoms with Crippen LogP contribution in [-0.2, 0) is 4.79 Å². The molecular weight excluding hydrogens is 280 g/mol. The van der Waals surface area contributed by atoms with Gasteiger partial charge < -0.3 is 9.42 Å². The first-order chi connectivity index (χ1) is 10.4. The van der Waals surface area contributed by atoms with Gasteiger partial charge in [0.15, 0.2) is 5.82 Å². The van der Waals surface area contributed by atoms with Crippen LogP contribution in [0, 0.1) is 12.8 Å². The number of amides is 1. The number of rotatable bonds is 3. The number of aryl methyl sites for hydroxylation is 1. The van der Waals surface area contributed by atoms with E-state index in [0.717, 1.165) is 38.2 Å². The third-order valence-electron chi connectivity index (χ3n) is 4.96. The van der Waals surface area contributed by atoms with Crippen molar-refractivity contribution in [3.8, 4) is 0 Å². The monoisotopic (exact) mass is 306 g/mol. The molecular formula is C16H26N4O2. The van der Waals surface area contributed by atoms with E-state index in [4.69, 9.17) is 4.52 Å². The Morgan fingerprint density at radius 2 is 2.18 bits per heavy atom. The molecule has 6 nitrogen and oxygen atoms in total. The molecule has 0 unspecified atom stereocenters. The Bertz CT molecular complexity index is 554. The van der Waals surface area contributed by atoms with Gasteiger partial charge in [0.05, 0.1) is 12.6 Å². The fraction of sp³-hybridized carbons (Fsp3) is 0.812. The molecule has 0 aliphatic carbocycles. The average molecular weight is 306 g/mol. The first kappa shape index (κ1) is 15.5. The Morgan fingerprint density at radius 3 is 2.77 bits per heavy atom. The fourth-order valence-electron chi connectivity index (χ4n) is 3.84. The highest BCUT2D eigenvalue weighted by Crippen LogP contribution is 2.34. The summed E-state index contributed by atoms with van der Waals surface area (Å²) in [6, 6.07) is 0. The number of hydrogen-bond donors (Lipinski definition) is 0. The van der Waals surface area contributed by atoms with Crippen LogP contribution in [0.4, 0.5) is 0 Å². The first-order valence-electron chi connectivity index (χ1n) is 8.21. The van der Waals surface area contributed by atoms with Crippen LogP contribution in [0.25, 0.3) is 0 Å². The molecule has 122 valence electrons.